The number of ether oxygens (including phenoxy) is 1. The van der Waals surface area contributed by atoms with Gasteiger partial charge in [0.05, 0.1) is 20.0 Å². The first-order valence-corrected chi connectivity index (χ1v) is 5.61. The van der Waals surface area contributed by atoms with E-state index >= 15 is 0 Å². The highest BCUT2D eigenvalue weighted by Crippen LogP contribution is 2.14. The standard InChI is InChI=1S/C11H10ClN3O3/c1-18-11(16)5-4-10-13-8-3-2-7(12)6-9(8)14-15(10)17/h2-3,6H,4-5H2,1H3. The third kappa shape index (κ3) is 2.65. The maximum absolute atomic E-state index is 11.6. The molecule has 0 amide bonds. The summed E-state index contributed by atoms with van der Waals surface area (Å²) < 4.78 is 4.50. The van der Waals surface area contributed by atoms with Crippen molar-refractivity contribution >= 4 is 28.6 Å². The Morgan fingerprint density at radius 2 is 2.28 bits per heavy atom. The molecule has 0 saturated carbocycles. The van der Waals surface area contributed by atoms with Crippen molar-refractivity contribution in [3.8, 4) is 0 Å². The number of esters is 1. The Bertz CT molecular complexity index is 603. The minimum Gasteiger partial charge on any atom is -0.691 e. The van der Waals surface area contributed by atoms with Crippen LogP contribution < -0.4 is 4.85 Å². The second-order valence-corrected chi connectivity index (χ2v) is 4.05. The molecule has 18 heavy (non-hydrogen) atoms. The van der Waals surface area contributed by atoms with Gasteiger partial charge in [-0.25, -0.2) is 0 Å². The Morgan fingerprint density at radius 1 is 1.50 bits per heavy atom. The predicted octanol–water partition coefficient (Wildman–Crippen LogP) is 1.02. The van der Waals surface area contributed by atoms with Gasteiger partial charge in [-0.2, -0.15) is 0 Å². The second kappa shape index (κ2) is 5.14. The Morgan fingerprint density at radius 3 is 3.00 bits per heavy atom. The largest absolute Gasteiger partial charge is 0.691 e. The lowest BCUT2D eigenvalue weighted by Gasteiger charge is -2.04. The summed E-state index contributed by atoms with van der Waals surface area (Å²) in [4.78, 5) is 15.6. The van der Waals surface area contributed by atoms with E-state index in [-0.39, 0.29) is 18.7 Å². The molecule has 0 N–H and O–H groups in total. The van der Waals surface area contributed by atoms with E-state index in [1.807, 2.05) is 0 Å². The Labute approximate surface area is 108 Å². The molecule has 0 spiro atoms. The highest BCUT2D eigenvalue weighted by molar-refractivity contribution is 6.31. The predicted molar refractivity (Wildman–Crippen MR) is 63.8 cm³/mol. The van der Waals surface area contributed by atoms with Gasteiger partial charge in [0.2, 0.25) is 5.52 Å². The minimum absolute atomic E-state index is 0.0898. The second-order valence-electron chi connectivity index (χ2n) is 3.61. The molecule has 0 saturated heterocycles. The maximum atomic E-state index is 11.6. The molecular weight excluding hydrogens is 258 g/mol. The Hall–Kier alpha value is -1.95. The topological polar surface area (TPSA) is 79.0 Å². The van der Waals surface area contributed by atoms with E-state index in [1.165, 1.54) is 7.11 Å². The zero-order chi connectivity index (χ0) is 13.1. The number of hydrogen-bond donors (Lipinski definition) is 0. The highest BCUT2D eigenvalue weighted by Gasteiger charge is 2.15. The lowest BCUT2D eigenvalue weighted by molar-refractivity contribution is -0.677. The quantitative estimate of drug-likeness (QED) is 0.471. The molecule has 0 aliphatic heterocycles. The van der Waals surface area contributed by atoms with Gasteiger partial charge in [0.1, 0.15) is 0 Å². The molecule has 2 rings (SSSR count). The smallest absolute Gasteiger partial charge is 0.323 e. The van der Waals surface area contributed by atoms with Gasteiger partial charge >= 0.3 is 11.8 Å². The molecule has 0 aliphatic carbocycles. The molecule has 1 heterocycles. The zero-order valence-corrected chi connectivity index (χ0v) is 10.3. The van der Waals surface area contributed by atoms with E-state index in [0.717, 1.165) is 0 Å². The van der Waals surface area contributed by atoms with Crippen LogP contribution in [0, 0.1) is 5.21 Å². The fraction of sp³-hybridized carbons (Fsp3) is 0.273. The summed E-state index contributed by atoms with van der Waals surface area (Å²) in [6.45, 7) is 0. The normalized spacial score (nSPS) is 10.6. The van der Waals surface area contributed by atoms with Gasteiger partial charge in [0.15, 0.2) is 5.52 Å². The fourth-order valence-corrected chi connectivity index (χ4v) is 1.64. The molecule has 7 heteroatoms. The minimum atomic E-state index is -0.395. The average Bonchev–Trinajstić information content (AvgIpc) is 2.35. The van der Waals surface area contributed by atoms with Crippen molar-refractivity contribution in [3.05, 3.63) is 34.3 Å². The number of aromatic nitrogens is 3. The third-order valence-electron chi connectivity index (χ3n) is 2.39. The van der Waals surface area contributed by atoms with Crippen LogP contribution in [0.2, 0.25) is 5.02 Å². The van der Waals surface area contributed by atoms with Crippen LogP contribution in [0.15, 0.2) is 18.2 Å². The molecule has 0 unspecified atom stereocenters. The Kier molecular flexibility index (Phi) is 3.57. The molecule has 0 fully saturated rings. The number of carbonyl (C=O) groups excluding carboxylic acids is 1. The molecule has 2 aromatic rings. The van der Waals surface area contributed by atoms with E-state index < -0.39 is 5.97 Å². The summed E-state index contributed by atoms with van der Waals surface area (Å²) in [7, 11) is 1.29. The van der Waals surface area contributed by atoms with Gasteiger partial charge in [-0.15, -0.1) is 4.85 Å². The van der Waals surface area contributed by atoms with Gasteiger partial charge in [-0.05, 0) is 23.2 Å². The van der Waals surface area contributed by atoms with E-state index in [9.17, 15) is 10.0 Å². The summed E-state index contributed by atoms with van der Waals surface area (Å²) in [6, 6.07) is 4.90. The molecule has 1 aromatic carbocycles. The van der Waals surface area contributed by atoms with Gasteiger partial charge in [-0.3, -0.25) is 4.79 Å². The summed E-state index contributed by atoms with van der Waals surface area (Å²) >= 11 is 5.79. The third-order valence-corrected chi connectivity index (χ3v) is 2.62. The van der Waals surface area contributed by atoms with Crippen molar-refractivity contribution in [1.29, 1.82) is 0 Å². The number of hydrogen-bond acceptors (Lipinski definition) is 5. The molecule has 0 atom stereocenters. The van der Waals surface area contributed by atoms with Gasteiger partial charge in [-0.1, -0.05) is 16.7 Å². The number of methoxy groups -OCH3 is 1. The summed E-state index contributed by atoms with van der Waals surface area (Å²) in [5.74, 6) is -0.219. The molecule has 6 nitrogen and oxygen atoms in total. The molecular formula is C11H10ClN3O3. The van der Waals surface area contributed by atoms with Crippen LogP contribution in [0.1, 0.15) is 12.2 Å². The summed E-state index contributed by atoms with van der Waals surface area (Å²) in [6.07, 6.45) is 0.272. The molecule has 94 valence electrons. The van der Waals surface area contributed by atoms with E-state index in [4.69, 9.17) is 11.6 Å². The Balaban J connectivity index is 2.31. The monoisotopic (exact) mass is 267 g/mol. The maximum Gasteiger partial charge on any atom is 0.323 e. The summed E-state index contributed by atoms with van der Waals surface area (Å²) in [5, 5.41) is 15.9. The molecule has 0 aliphatic rings. The molecule has 0 radical (unpaired) electrons. The number of aryl methyl sites for hydroxylation is 1. The van der Waals surface area contributed by atoms with Gasteiger partial charge in [0.25, 0.3) is 0 Å². The fourth-order valence-electron chi connectivity index (χ4n) is 1.48. The van der Waals surface area contributed by atoms with Crippen LogP contribution in [0.3, 0.4) is 0 Å². The molecule has 1 aromatic heterocycles. The van der Waals surface area contributed by atoms with E-state index in [1.54, 1.807) is 18.2 Å². The number of carbonyl (C=O) groups is 1. The molecule has 0 bridgehead atoms. The van der Waals surface area contributed by atoms with Crippen molar-refractivity contribution < 1.29 is 14.4 Å². The zero-order valence-electron chi connectivity index (χ0n) is 9.59. The van der Waals surface area contributed by atoms with Crippen LogP contribution in [-0.4, -0.2) is 23.2 Å². The van der Waals surface area contributed by atoms with Crippen LogP contribution >= 0.6 is 11.6 Å². The van der Waals surface area contributed by atoms with Crippen molar-refractivity contribution in [1.82, 2.24) is 10.1 Å². The van der Waals surface area contributed by atoms with Gasteiger partial charge in [0, 0.05) is 5.02 Å². The number of nitrogens with zero attached hydrogens (tertiary/aromatic N) is 3. The summed E-state index contributed by atoms with van der Waals surface area (Å²) in [5.41, 5.74) is 0.977. The first-order valence-electron chi connectivity index (χ1n) is 5.23. The van der Waals surface area contributed by atoms with Crippen molar-refractivity contribution in [2.75, 3.05) is 7.11 Å². The van der Waals surface area contributed by atoms with Crippen LogP contribution in [0.5, 0.6) is 0 Å². The highest BCUT2D eigenvalue weighted by atomic mass is 35.5. The van der Waals surface area contributed by atoms with Crippen LogP contribution in [0.25, 0.3) is 11.0 Å². The van der Waals surface area contributed by atoms with E-state index in [2.05, 4.69) is 14.8 Å². The first-order chi connectivity index (χ1) is 8.60. The first kappa shape index (κ1) is 12.5. The van der Waals surface area contributed by atoms with Crippen molar-refractivity contribution in [2.45, 2.75) is 12.8 Å². The number of benzene rings is 1. The van der Waals surface area contributed by atoms with Crippen LogP contribution in [-0.2, 0) is 16.0 Å². The lowest BCUT2D eigenvalue weighted by atomic mass is 10.3. The van der Waals surface area contributed by atoms with E-state index in [0.29, 0.717) is 20.9 Å². The van der Waals surface area contributed by atoms with Gasteiger partial charge < -0.3 is 9.94 Å². The average molecular weight is 268 g/mol. The number of rotatable bonds is 3. The van der Waals surface area contributed by atoms with Crippen molar-refractivity contribution in [3.63, 3.8) is 0 Å². The van der Waals surface area contributed by atoms with Crippen LogP contribution in [0.4, 0.5) is 0 Å². The lowest BCUT2D eigenvalue weighted by Crippen LogP contribution is -2.37. The number of fused-ring (bicyclic) bond motifs is 1. The number of halogens is 1. The SMILES string of the molecule is COC(=O)CCc1nc2ccc(Cl)cc2n[n+]1[O-]. The van der Waals surface area contributed by atoms with Crippen molar-refractivity contribution in [2.24, 2.45) is 0 Å².